The van der Waals surface area contributed by atoms with Gasteiger partial charge in [0.1, 0.15) is 0 Å². The second-order valence-corrected chi connectivity index (χ2v) is 4.87. The molecule has 1 aliphatic heterocycles. The van der Waals surface area contributed by atoms with Crippen molar-refractivity contribution in [2.24, 2.45) is 0 Å². The number of hydrogen-bond acceptors (Lipinski definition) is 5. The molecule has 7 heteroatoms. The Morgan fingerprint density at radius 3 is 3.18 bits per heavy atom. The van der Waals surface area contributed by atoms with E-state index in [0.717, 1.165) is 19.4 Å². The van der Waals surface area contributed by atoms with Gasteiger partial charge in [0.25, 0.3) is 0 Å². The number of nitrogens with one attached hydrogen (secondary N) is 2. The highest BCUT2D eigenvalue weighted by Crippen LogP contribution is 2.25. The van der Waals surface area contributed by atoms with Gasteiger partial charge in [0.05, 0.1) is 4.92 Å². The van der Waals surface area contributed by atoms with Crippen LogP contribution in [0.25, 0.3) is 0 Å². The molecule has 1 saturated heterocycles. The van der Waals surface area contributed by atoms with Crippen LogP contribution in [0.2, 0.25) is 0 Å². The lowest BCUT2D eigenvalue weighted by molar-refractivity contribution is -0.384. The maximum Gasteiger partial charge on any atom is 0.312 e. The number of halogens is 1. The van der Waals surface area contributed by atoms with Crippen LogP contribution in [0, 0.1) is 10.1 Å². The Balaban J connectivity index is 2.06. The standard InChI is InChI=1S/C10H13BrN4O2/c11-7-4-9(15(16)17)10(13-5-7)14-6-8-2-1-3-12-8/h4-5,8,12H,1-3,6H2,(H,13,14). The third-order valence-electron chi connectivity index (χ3n) is 2.71. The predicted octanol–water partition coefficient (Wildman–Crippen LogP) is 1.92. The molecule has 0 amide bonds. The first-order valence-corrected chi connectivity index (χ1v) is 6.23. The quantitative estimate of drug-likeness (QED) is 0.656. The van der Waals surface area contributed by atoms with Gasteiger partial charge >= 0.3 is 5.69 Å². The lowest BCUT2D eigenvalue weighted by atomic mass is 10.2. The van der Waals surface area contributed by atoms with Gasteiger partial charge in [-0.25, -0.2) is 4.98 Å². The molecular weight excluding hydrogens is 288 g/mol. The minimum Gasteiger partial charge on any atom is -0.363 e. The Morgan fingerprint density at radius 1 is 1.71 bits per heavy atom. The summed E-state index contributed by atoms with van der Waals surface area (Å²) in [4.78, 5) is 14.5. The Bertz CT molecular complexity index is 421. The van der Waals surface area contributed by atoms with Crippen molar-refractivity contribution in [2.45, 2.75) is 18.9 Å². The van der Waals surface area contributed by atoms with E-state index in [-0.39, 0.29) is 5.69 Å². The summed E-state index contributed by atoms with van der Waals surface area (Å²) in [6.07, 6.45) is 3.80. The second kappa shape index (κ2) is 5.42. The largest absolute Gasteiger partial charge is 0.363 e. The number of pyridine rings is 1. The maximum absolute atomic E-state index is 10.9. The van der Waals surface area contributed by atoms with Crippen LogP contribution >= 0.6 is 15.9 Å². The minimum absolute atomic E-state index is 0.00243. The molecule has 0 spiro atoms. The fraction of sp³-hybridized carbons (Fsp3) is 0.500. The van der Waals surface area contributed by atoms with Gasteiger partial charge in [-0.15, -0.1) is 0 Å². The van der Waals surface area contributed by atoms with E-state index in [4.69, 9.17) is 0 Å². The smallest absolute Gasteiger partial charge is 0.312 e. The topological polar surface area (TPSA) is 80.1 Å². The summed E-state index contributed by atoms with van der Waals surface area (Å²) in [5.41, 5.74) is -0.00243. The van der Waals surface area contributed by atoms with Gasteiger partial charge in [0.15, 0.2) is 0 Å². The van der Waals surface area contributed by atoms with Gasteiger partial charge in [-0.05, 0) is 35.3 Å². The summed E-state index contributed by atoms with van der Waals surface area (Å²) >= 11 is 3.17. The first kappa shape index (κ1) is 12.3. The average Bonchev–Trinajstić information content (AvgIpc) is 2.80. The summed E-state index contributed by atoms with van der Waals surface area (Å²) in [5, 5.41) is 17.2. The Kier molecular flexibility index (Phi) is 3.90. The summed E-state index contributed by atoms with van der Waals surface area (Å²) in [6.45, 7) is 1.68. The number of anilines is 1. The zero-order valence-corrected chi connectivity index (χ0v) is 10.7. The molecule has 1 aliphatic rings. The molecule has 0 aromatic carbocycles. The summed E-state index contributed by atoms with van der Waals surface area (Å²) < 4.78 is 0.605. The van der Waals surface area contributed by atoms with Crippen LogP contribution < -0.4 is 10.6 Å². The Hall–Kier alpha value is -1.21. The second-order valence-electron chi connectivity index (χ2n) is 3.95. The Morgan fingerprint density at radius 2 is 2.53 bits per heavy atom. The number of rotatable bonds is 4. The Labute approximate surface area is 107 Å². The van der Waals surface area contributed by atoms with Crippen molar-refractivity contribution < 1.29 is 4.92 Å². The molecule has 17 heavy (non-hydrogen) atoms. The predicted molar refractivity (Wildman–Crippen MR) is 68.1 cm³/mol. The van der Waals surface area contributed by atoms with Crippen LogP contribution in [0.5, 0.6) is 0 Å². The van der Waals surface area contributed by atoms with E-state index in [1.165, 1.54) is 6.07 Å². The molecule has 0 bridgehead atoms. The molecule has 1 aromatic rings. The zero-order chi connectivity index (χ0) is 12.3. The van der Waals surface area contributed by atoms with Crippen molar-refractivity contribution in [1.29, 1.82) is 0 Å². The molecule has 2 N–H and O–H groups in total. The zero-order valence-electron chi connectivity index (χ0n) is 9.15. The van der Waals surface area contributed by atoms with Crippen molar-refractivity contribution >= 4 is 27.4 Å². The lowest BCUT2D eigenvalue weighted by Crippen LogP contribution is -2.29. The van der Waals surface area contributed by atoms with E-state index in [1.54, 1.807) is 6.20 Å². The summed E-state index contributed by atoms with van der Waals surface area (Å²) in [7, 11) is 0. The van der Waals surface area contributed by atoms with Crippen molar-refractivity contribution in [3.05, 3.63) is 26.9 Å². The molecule has 1 unspecified atom stereocenters. The van der Waals surface area contributed by atoms with Crippen LogP contribution in [0.3, 0.4) is 0 Å². The first-order valence-electron chi connectivity index (χ1n) is 5.44. The van der Waals surface area contributed by atoms with E-state index in [1.807, 2.05) is 0 Å². The fourth-order valence-electron chi connectivity index (χ4n) is 1.85. The maximum atomic E-state index is 10.9. The van der Waals surface area contributed by atoms with Gasteiger partial charge in [-0.2, -0.15) is 0 Å². The number of nitro groups is 1. The highest BCUT2D eigenvalue weighted by molar-refractivity contribution is 9.10. The highest BCUT2D eigenvalue weighted by atomic mass is 79.9. The van der Waals surface area contributed by atoms with Gasteiger partial charge in [0.2, 0.25) is 5.82 Å². The SMILES string of the molecule is O=[N+]([O-])c1cc(Br)cnc1NCC1CCCN1. The highest BCUT2D eigenvalue weighted by Gasteiger charge is 2.18. The van der Waals surface area contributed by atoms with E-state index in [9.17, 15) is 10.1 Å². The number of hydrogen-bond donors (Lipinski definition) is 2. The van der Waals surface area contributed by atoms with Crippen molar-refractivity contribution in [3.63, 3.8) is 0 Å². The molecule has 1 atom stereocenters. The first-order chi connectivity index (χ1) is 8.16. The molecule has 2 heterocycles. The van der Waals surface area contributed by atoms with Crippen molar-refractivity contribution in [1.82, 2.24) is 10.3 Å². The third kappa shape index (κ3) is 3.13. The van der Waals surface area contributed by atoms with Gasteiger partial charge in [0, 0.05) is 29.3 Å². The van der Waals surface area contributed by atoms with Crippen LogP contribution in [-0.2, 0) is 0 Å². The normalized spacial score (nSPS) is 19.2. The molecular formula is C10H13BrN4O2. The van der Waals surface area contributed by atoms with Crippen molar-refractivity contribution in [3.8, 4) is 0 Å². The number of nitrogens with zero attached hydrogens (tertiary/aromatic N) is 2. The van der Waals surface area contributed by atoms with Crippen LogP contribution in [0.15, 0.2) is 16.7 Å². The van der Waals surface area contributed by atoms with Gasteiger partial charge in [-0.1, -0.05) is 0 Å². The summed E-state index contributed by atoms with van der Waals surface area (Å²) in [5.74, 6) is 0.326. The number of aromatic nitrogens is 1. The van der Waals surface area contributed by atoms with Gasteiger partial charge in [-0.3, -0.25) is 10.1 Å². The molecule has 2 rings (SSSR count). The van der Waals surface area contributed by atoms with E-state index in [2.05, 4.69) is 31.5 Å². The average molecular weight is 301 g/mol. The molecule has 1 fully saturated rings. The molecule has 6 nitrogen and oxygen atoms in total. The van der Waals surface area contributed by atoms with E-state index in [0.29, 0.717) is 22.9 Å². The van der Waals surface area contributed by atoms with Crippen LogP contribution in [-0.4, -0.2) is 29.0 Å². The third-order valence-corrected chi connectivity index (χ3v) is 3.14. The minimum atomic E-state index is -0.428. The monoisotopic (exact) mass is 300 g/mol. The van der Waals surface area contributed by atoms with E-state index >= 15 is 0 Å². The van der Waals surface area contributed by atoms with Crippen LogP contribution in [0.4, 0.5) is 11.5 Å². The van der Waals surface area contributed by atoms with Crippen LogP contribution in [0.1, 0.15) is 12.8 Å². The summed E-state index contributed by atoms with van der Waals surface area (Å²) in [6, 6.07) is 1.83. The van der Waals surface area contributed by atoms with Crippen molar-refractivity contribution in [2.75, 3.05) is 18.4 Å². The molecule has 0 saturated carbocycles. The molecule has 0 radical (unpaired) electrons. The molecule has 0 aliphatic carbocycles. The lowest BCUT2D eigenvalue weighted by Gasteiger charge is -2.11. The fourth-order valence-corrected chi connectivity index (χ4v) is 2.17. The molecule has 92 valence electrons. The van der Waals surface area contributed by atoms with E-state index < -0.39 is 4.92 Å². The molecule has 1 aromatic heterocycles. The van der Waals surface area contributed by atoms with Gasteiger partial charge < -0.3 is 10.6 Å².